The second-order valence-corrected chi connectivity index (χ2v) is 11.8. The Morgan fingerprint density at radius 1 is 0.975 bits per heavy atom. The minimum atomic E-state index is -4.70. The first-order chi connectivity index (χ1) is 18.6. The van der Waals surface area contributed by atoms with Crippen LogP contribution in [0.5, 0.6) is 0 Å². The molecule has 0 aromatic heterocycles. The lowest BCUT2D eigenvalue weighted by Gasteiger charge is -2.29. The Morgan fingerprint density at radius 3 is 2.15 bits per heavy atom. The number of hydrogen-bond donors (Lipinski definition) is 4. The number of ketones is 1. The standard InChI is InChI=1S/C28H37F3N4O5/c1-27(2,3)15-21(34-22(36)14-19(28(29,30)31)16-7-5-4-6-8-16)25(39)35-20(13-17-11-12-32-24(17)38)23(37)26(40)33-18-9-10-18/h4-8,17-21H,9-15H2,1-3H3,(H,32,38)(H,33,40)(H,34,36)(H,35,39)/t17-,19?,20?,21?/m0/s1. The van der Waals surface area contributed by atoms with Crippen LogP contribution in [0.4, 0.5) is 13.2 Å². The molecule has 1 aromatic carbocycles. The lowest BCUT2D eigenvalue weighted by Crippen LogP contribution is -2.55. The number of hydrogen-bond acceptors (Lipinski definition) is 5. The maximum absolute atomic E-state index is 13.8. The predicted octanol–water partition coefficient (Wildman–Crippen LogP) is 2.50. The number of rotatable bonds is 12. The van der Waals surface area contributed by atoms with Gasteiger partial charge in [-0.3, -0.25) is 24.0 Å². The zero-order chi connectivity index (χ0) is 29.7. The van der Waals surface area contributed by atoms with Crippen molar-refractivity contribution < 1.29 is 37.1 Å². The number of benzene rings is 1. The second kappa shape index (κ2) is 12.8. The lowest BCUT2D eigenvalue weighted by atomic mass is 9.87. The highest BCUT2D eigenvalue weighted by atomic mass is 19.4. The minimum Gasteiger partial charge on any atom is -0.356 e. The number of halogens is 3. The molecule has 0 spiro atoms. The third-order valence-corrected chi connectivity index (χ3v) is 6.91. The van der Waals surface area contributed by atoms with E-state index in [1.165, 1.54) is 24.3 Å². The van der Waals surface area contributed by atoms with Crippen molar-refractivity contribution in [2.24, 2.45) is 11.3 Å². The molecule has 4 N–H and O–H groups in total. The van der Waals surface area contributed by atoms with E-state index in [0.29, 0.717) is 13.0 Å². The first kappa shape index (κ1) is 31.1. The van der Waals surface area contributed by atoms with Gasteiger partial charge in [-0.15, -0.1) is 0 Å². The van der Waals surface area contributed by atoms with Gasteiger partial charge in [0.15, 0.2) is 0 Å². The molecule has 40 heavy (non-hydrogen) atoms. The van der Waals surface area contributed by atoms with Gasteiger partial charge in [0.25, 0.3) is 5.91 Å². The van der Waals surface area contributed by atoms with E-state index in [-0.39, 0.29) is 30.4 Å². The van der Waals surface area contributed by atoms with Crippen molar-refractivity contribution in [2.45, 2.75) is 89.5 Å². The molecule has 1 saturated carbocycles. The Kier molecular flexibility index (Phi) is 9.96. The zero-order valence-corrected chi connectivity index (χ0v) is 22.9. The summed E-state index contributed by atoms with van der Waals surface area (Å²) in [5.74, 6) is -6.57. The summed E-state index contributed by atoms with van der Waals surface area (Å²) in [5.41, 5.74) is -0.615. The number of alkyl halides is 3. The molecule has 9 nitrogen and oxygen atoms in total. The molecule has 1 heterocycles. The number of nitrogens with one attached hydrogen (secondary N) is 4. The van der Waals surface area contributed by atoms with Crippen LogP contribution in [0.1, 0.15) is 70.8 Å². The molecular formula is C28H37F3N4O5. The van der Waals surface area contributed by atoms with Gasteiger partial charge in [-0.05, 0) is 43.1 Å². The monoisotopic (exact) mass is 566 g/mol. The van der Waals surface area contributed by atoms with Crippen LogP contribution >= 0.6 is 0 Å². The largest absolute Gasteiger partial charge is 0.396 e. The molecule has 12 heteroatoms. The quantitative estimate of drug-likeness (QED) is 0.289. The summed E-state index contributed by atoms with van der Waals surface area (Å²) in [5, 5.41) is 10.2. The molecule has 3 unspecified atom stereocenters. The minimum absolute atomic E-state index is 0.0473. The van der Waals surface area contributed by atoms with Crippen molar-refractivity contribution in [3.63, 3.8) is 0 Å². The average molecular weight is 567 g/mol. The van der Waals surface area contributed by atoms with Gasteiger partial charge in [-0.1, -0.05) is 51.1 Å². The second-order valence-electron chi connectivity index (χ2n) is 11.8. The van der Waals surface area contributed by atoms with Gasteiger partial charge in [0.2, 0.25) is 23.5 Å². The van der Waals surface area contributed by atoms with Crippen LogP contribution in [0, 0.1) is 11.3 Å². The number of carbonyl (C=O) groups is 5. The molecule has 3 rings (SSSR count). The van der Waals surface area contributed by atoms with Crippen LogP contribution in [0.25, 0.3) is 0 Å². The maximum atomic E-state index is 13.8. The van der Waals surface area contributed by atoms with Crippen molar-refractivity contribution in [3.8, 4) is 0 Å². The van der Waals surface area contributed by atoms with Crippen LogP contribution in [-0.2, 0) is 24.0 Å². The highest BCUT2D eigenvalue weighted by Gasteiger charge is 2.43. The van der Waals surface area contributed by atoms with Crippen molar-refractivity contribution in [1.29, 1.82) is 0 Å². The molecule has 220 valence electrons. The van der Waals surface area contributed by atoms with E-state index >= 15 is 0 Å². The van der Waals surface area contributed by atoms with Crippen LogP contribution in [-0.4, -0.2) is 60.3 Å². The molecule has 1 aliphatic heterocycles. The SMILES string of the molecule is CC(C)(C)CC(NC(=O)CC(c1ccccc1)C(F)(F)F)C(=O)NC(C[C@@H]1CCNC1=O)C(=O)C(=O)NC1CC1. The Bertz CT molecular complexity index is 1100. The van der Waals surface area contributed by atoms with E-state index < -0.39 is 65.4 Å². The molecule has 2 aliphatic rings. The number of Topliss-reactive ketones (excluding diaryl/α,β-unsaturated/α-hetero) is 1. The van der Waals surface area contributed by atoms with Crippen LogP contribution < -0.4 is 21.3 Å². The molecule has 4 atom stereocenters. The van der Waals surface area contributed by atoms with Crippen molar-refractivity contribution in [1.82, 2.24) is 21.3 Å². The Labute approximate surface area is 231 Å². The Morgan fingerprint density at radius 2 is 1.62 bits per heavy atom. The van der Waals surface area contributed by atoms with Gasteiger partial charge in [0.05, 0.1) is 12.0 Å². The lowest BCUT2D eigenvalue weighted by molar-refractivity contribution is -0.157. The van der Waals surface area contributed by atoms with Crippen LogP contribution in [0.3, 0.4) is 0 Å². The van der Waals surface area contributed by atoms with Crippen molar-refractivity contribution >= 4 is 29.4 Å². The third-order valence-electron chi connectivity index (χ3n) is 6.91. The van der Waals surface area contributed by atoms with Gasteiger partial charge in [-0.2, -0.15) is 13.2 Å². The predicted molar refractivity (Wildman–Crippen MR) is 140 cm³/mol. The van der Waals surface area contributed by atoms with Gasteiger partial charge < -0.3 is 21.3 Å². The summed E-state index contributed by atoms with van der Waals surface area (Å²) in [7, 11) is 0. The van der Waals surface area contributed by atoms with E-state index in [2.05, 4.69) is 21.3 Å². The fraction of sp³-hybridized carbons (Fsp3) is 0.607. The van der Waals surface area contributed by atoms with Crippen LogP contribution in [0.2, 0.25) is 0 Å². The molecule has 1 saturated heterocycles. The van der Waals surface area contributed by atoms with Crippen LogP contribution in [0.15, 0.2) is 30.3 Å². The molecule has 4 amide bonds. The average Bonchev–Trinajstić information content (AvgIpc) is 3.59. The third kappa shape index (κ3) is 9.34. The van der Waals surface area contributed by atoms with Gasteiger partial charge in [0, 0.05) is 24.9 Å². The number of carbonyl (C=O) groups excluding carboxylic acids is 5. The highest BCUT2D eigenvalue weighted by molar-refractivity contribution is 6.38. The number of amides is 4. The summed E-state index contributed by atoms with van der Waals surface area (Å²) in [6, 6.07) is 4.30. The van der Waals surface area contributed by atoms with Gasteiger partial charge in [0.1, 0.15) is 6.04 Å². The summed E-state index contributed by atoms with van der Waals surface area (Å²) >= 11 is 0. The Balaban J connectivity index is 1.77. The first-order valence-electron chi connectivity index (χ1n) is 13.5. The van der Waals surface area contributed by atoms with E-state index in [0.717, 1.165) is 12.8 Å². The first-order valence-corrected chi connectivity index (χ1v) is 13.5. The van der Waals surface area contributed by atoms with E-state index in [1.807, 2.05) is 0 Å². The molecule has 2 fully saturated rings. The van der Waals surface area contributed by atoms with E-state index in [1.54, 1.807) is 26.8 Å². The normalized spacial score (nSPS) is 19.6. The van der Waals surface area contributed by atoms with Gasteiger partial charge in [-0.25, -0.2) is 0 Å². The van der Waals surface area contributed by atoms with Crippen molar-refractivity contribution in [3.05, 3.63) is 35.9 Å². The summed E-state index contributed by atoms with van der Waals surface area (Å²) in [4.78, 5) is 64.0. The topological polar surface area (TPSA) is 133 Å². The molecule has 0 radical (unpaired) electrons. The molecular weight excluding hydrogens is 529 g/mol. The van der Waals surface area contributed by atoms with E-state index in [4.69, 9.17) is 0 Å². The summed E-state index contributed by atoms with van der Waals surface area (Å²) in [6.07, 6.45) is -3.81. The van der Waals surface area contributed by atoms with E-state index in [9.17, 15) is 37.1 Å². The van der Waals surface area contributed by atoms with Gasteiger partial charge >= 0.3 is 6.18 Å². The summed E-state index contributed by atoms with van der Waals surface area (Å²) < 4.78 is 41.5. The smallest absolute Gasteiger partial charge is 0.356 e. The molecule has 0 bridgehead atoms. The molecule has 1 aromatic rings. The fourth-order valence-electron chi connectivity index (χ4n) is 4.67. The maximum Gasteiger partial charge on any atom is 0.396 e. The Hall–Kier alpha value is -3.44. The molecule has 1 aliphatic carbocycles. The zero-order valence-electron chi connectivity index (χ0n) is 22.9. The van der Waals surface area contributed by atoms with Crippen molar-refractivity contribution in [2.75, 3.05) is 6.54 Å². The fourth-order valence-corrected chi connectivity index (χ4v) is 4.67. The summed E-state index contributed by atoms with van der Waals surface area (Å²) in [6.45, 7) is 5.76. The highest BCUT2D eigenvalue weighted by Crippen LogP contribution is 2.37.